The highest BCUT2D eigenvalue weighted by Gasteiger charge is 2.39. The largest absolute Gasteiger partial charge is 0.481 e. The van der Waals surface area contributed by atoms with Crippen LogP contribution < -0.4 is 14.5 Å². The van der Waals surface area contributed by atoms with Gasteiger partial charge in [0.2, 0.25) is 5.88 Å². The zero-order valence-corrected chi connectivity index (χ0v) is 15.0. The first-order chi connectivity index (χ1) is 12.1. The van der Waals surface area contributed by atoms with Crippen LogP contribution in [0.1, 0.15) is 24.4 Å². The molecule has 2 saturated heterocycles. The van der Waals surface area contributed by atoms with Gasteiger partial charge in [-0.1, -0.05) is 0 Å². The minimum absolute atomic E-state index is 0.461. The normalized spacial score (nSPS) is 22.8. The van der Waals surface area contributed by atoms with Crippen LogP contribution in [0.25, 0.3) is 0 Å². The zero-order chi connectivity index (χ0) is 17.4. The molecule has 4 rings (SSSR count). The monoisotopic (exact) mass is 340 g/mol. The number of methoxy groups -OCH3 is 1. The number of hydrogen-bond acceptors (Lipinski definition) is 7. The molecule has 2 unspecified atom stereocenters. The fourth-order valence-electron chi connectivity index (χ4n) is 4.09. The summed E-state index contributed by atoms with van der Waals surface area (Å²) in [6, 6.07) is 4.48. The molecule has 0 amide bonds. The first kappa shape index (κ1) is 16.1. The SMILES string of the molecule is COc1cc(N2CCC3CCN(c4cc(C)nc(C)n4)C3C2)ncn1. The molecule has 0 spiro atoms. The Bertz CT molecular complexity index is 747. The third kappa shape index (κ3) is 3.10. The van der Waals surface area contributed by atoms with Gasteiger partial charge in [-0.15, -0.1) is 0 Å². The van der Waals surface area contributed by atoms with Crippen LogP contribution in [0.2, 0.25) is 0 Å². The van der Waals surface area contributed by atoms with Crippen molar-refractivity contribution in [2.45, 2.75) is 32.7 Å². The van der Waals surface area contributed by atoms with Crippen molar-refractivity contribution in [3.63, 3.8) is 0 Å². The van der Waals surface area contributed by atoms with Crippen molar-refractivity contribution in [3.8, 4) is 5.88 Å². The van der Waals surface area contributed by atoms with Crippen molar-refractivity contribution in [2.24, 2.45) is 5.92 Å². The number of hydrogen-bond donors (Lipinski definition) is 0. The van der Waals surface area contributed by atoms with Crippen molar-refractivity contribution >= 4 is 11.6 Å². The van der Waals surface area contributed by atoms with Gasteiger partial charge in [0.15, 0.2) is 0 Å². The van der Waals surface area contributed by atoms with Crippen LogP contribution >= 0.6 is 0 Å². The molecular formula is C18H24N6O. The van der Waals surface area contributed by atoms with E-state index in [1.165, 1.54) is 12.8 Å². The van der Waals surface area contributed by atoms with Gasteiger partial charge in [0.25, 0.3) is 0 Å². The Labute approximate surface area is 148 Å². The van der Waals surface area contributed by atoms with E-state index >= 15 is 0 Å². The van der Waals surface area contributed by atoms with Crippen molar-refractivity contribution in [3.05, 3.63) is 30.0 Å². The molecule has 0 radical (unpaired) electrons. The van der Waals surface area contributed by atoms with Crippen LogP contribution in [0, 0.1) is 19.8 Å². The van der Waals surface area contributed by atoms with Crippen LogP contribution in [0.5, 0.6) is 5.88 Å². The molecule has 2 aromatic rings. The van der Waals surface area contributed by atoms with Crippen LogP contribution in [0.4, 0.5) is 11.6 Å². The third-order valence-electron chi connectivity index (χ3n) is 5.27. The molecule has 0 aromatic carbocycles. The van der Waals surface area contributed by atoms with E-state index in [1.807, 2.05) is 19.9 Å². The van der Waals surface area contributed by atoms with E-state index in [4.69, 9.17) is 4.74 Å². The molecule has 2 atom stereocenters. The molecule has 0 bridgehead atoms. The van der Waals surface area contributed by atoms with Crippen LogP contribution in [-0.2, 0) is 0 Å². The summed E-state index contributed by atoms with van der Waals surface area (Å²) in [5.41, 5.74) is 1.03. The van der Waals surface area contributed by atoms with Crippen LogP contribution in [-0.4, -0.2) is 52.7 Å². The van der Waals surface area contributed by atoms with E-state index in [1.54, 1.807) is 13.4 Å². The number of ether oxygens (including phenoxy) is 1. The Balaban J connectivity index is 1.58. The summed E-state index contributed by atoms with van der Waals surface area (Å²) in [5, 5.41) is 0. The number of piperidine rings is 1. The number of nitrogens with zero attached hydrogens (tertiary/aromatic N) is 6. The Morgan fingerprint density at radius 1 is 1.04 bits per heavy atom. The standard InChI is InChI=1S/C18H24N6O/c1-12-8-17(22-13(2)21-12)24-7-5-14-4-6-23(10-15(14)24)16-9-18(25-3)20-11-19-16/h8-9,11,14-15H,4-7,10H2,1-3H3. The summed E-state index contributed by atoms with van der Waals surface area (Å²) in [5.74, 6) is 4.16. The van der Waals surface area contributed by atoms with Crippen LogP contribution in [0.15, 0.2) is 18.5 Å². The molecule has 0 N–H and O–H groups in total. The molecule has 7 nitrogen and oxygen atoms in total. The van der Waals surface area contributed by atoms with Crippen molar-refractivity contribution in [1.29, 1.82) is 0 Å². The highest BCUT2D eigenvalue weighted by atomic mass is 16.5. The van der Waals surface area contributed by atoms with E-state index in [0.717, 1.165) is 48.7 Å². The molecule has 0 aliphatic carbocycles. The second-order valence-corrected chi connectivity index (χ2v) is 6.88. The lowest BCUT2D eigenvalue weighted by atomic mass is 9.92. The summed E-state index contributed by atoms with van der Waals surface area (Å²) in [6.45, 7) is 7.03. The molecule has 7 heteroatoms. The van der Waals surface area contributed by atoms with Crippen LogP contribution in [0.3, 0.4) is 0 Å². The minimum atomic E-state index is 0.461. The Morgan fingerprint density at radius 2 is 1.88 bits per heavy atom. The molecule has 25 heavy (non-hydrogen) atoms. The topological polar surface area (TPSA) is 67.3 Å². The molecule has 2 aliphatic heterocycles. The molecule has 132 valence electrons. The molecule has 2 fully saturated rings. The quantitative estimate of drug-likeness (QED) is 0.846. The minimum Gasteiger partial charge on any atom is -0.481 e. The lowest BCUT2D eigenvalue weighted by Crippen LogP contribution is -2.49. The lowest BCUT2D eigenvalue weighted by Gasteiger charge is -2.39. The zero-order valence-electron chi connectivity index (χ0n) is 15.0. The number of aromatic nitrogens is 4. The van der Waals surface area contributed by atoms with Crippen molar-refractivity contribution < 1.29 is 4.74 Å². The summed E-state index contributed by atoms with van der Waals surface area (Å²) in [6.07, 6.45) is 3.98. The van der Waals surface area contributed by atoms with E-state index in [-0.39, 0.29) is 0 Å². The van der Waals surface area contributed by atoms with E-state index in [9.17, 15) is 0 Å². The van der Waals surface area contributed by atoms with Gasteiger partial charge in [-0.25, -0.2) is 19.9 Å². The van der Waals surface area contributed by atoms with Crippen molar-refractivity contribution in [1.82, 2.24) is 19.9 Å². The van der Waals surface area contributed by atoms with Gasteiger partial charge in [0, 0.05) is 37.5 Å². The van der Waals surface area contributed by atoms with E-state index < -0.39 is 0 Å². The maximum atomic E-state index is 5.24. The summed E-state index contributed by atoms with van der Waals surface area (Å²) in [4.78, 5) is 22.4. The summed E-state index contributed by atoms with van der Waals surface area (Å²) >= 11 is 0. The summed E-state index contributed by atoms with van der Waals surface area (Å²) in [7, 11) is 1.64. The molecule has 2 aliphatic rings. The van der Waals surface area contributed by atoms with E-state index in [0.29, 0.717) is 11.9 Å². The Hall–Kier alpha value is -2.44. The first-order valence-electron chi connectivity index (χ1n) is 8.84. The smallest absolute Gasteiger partial charge is 0.218 e. The second kappa shape index (κ2) is 6.46. The van der Waals surface area contributed by atoms with Gasteiger partial charge in [0.05, 0.1) is 13.2 Å². The highest BCUT2D eigenvalue weighted by molar-refractivity contribution is 5.47. The number of fused-ring (bicyclic) bond motifs is 1. The maximum absolute atomic E-state index is 5.24. The number of rotatable bonds is 3. The fourth-order valence-corrected chi connectivity index (χ4v) is 4.09. The highest BCUT2D eigenvalue weighted by Crippen LogP contribution is 2.35. The molecule has 0 saturated carbocycles. The fraction of sp³-hybridized carbons (Fsp3) is 0.556. The van der Waals surface area contributed by atoms with Gasteiger partial charge in [-0.05, 0) is 32.6 Å². The molecular weight excluding hydrogens is 316 g/mol. The first-order valence-corrected chi connectivity index (χ1v) is 8.84. The predicted molar refractivity (Wildman–Crippen MR) is 96.2 cm³/mol. The van der Waals surface area contributed by atoms with Gasteiger partial charge in [-0.3, -0.25) is 0 Å². The second-order valence-electron chi connectivity index (χ2n) is 6.88. The molecule has 2 aromatic heterocycles. The Kier molecular flexibility index (Phi) is 4.15. The van der Waals surface area contributed by atoms with Gasteiger partial charge < -0.3 is 14.5 Å². The summed E-state index contributed by atoms with van der Waals surface area (Å²) < 4.78 is 5.24. The van der Waals surface area contributed by atoms with Gasteiger partial charge in [0.1, 0.15) is 23.8 Å². The molecule has 4 heterocycles. The van der Waals surface area contributed by atoms with Gasteiger partial charge >= 0.3 is 0 Å². The van der Waals surface area contributed by atoms with E-state index in [2.05, 4.69) is 35.8 Å². The maximum Gasteiger partial charge on any atom is 0.218 e. The average molecular weight is 340 g/mol. The Morgan fingerprint density at radius 3 is 2.68 bits per heavy atom. The van der Waals surface area contributed by atoms with Gasteiger partial charge in [-0.2, -0.15) is 0 Å². The lowest BCUT2D eigenvalue weighted by molar-refractivity contribution is 0.383. The predicted octanol–water partition coefficient (Wildman–Crippen LogP) is 2.00. The van der Waals surface area contributed by atoms with Crippen molar-refractivity contribution in [2.75, 3.05) is 36.5 Å². The number of anilines is 2. The number of aryl methyl sites for hydroxylation is 2. The average Bonchev–Trinajstić information content (AvgIpc) is 3.04. The third-order valence-corrected chi connectivity index (χ3v) is 5.27.